The van der Waals surface area contributed by atoms with Crippen molar-refractivity contribution in [1.29, 1.82) is 0 Å². The van der Waals surface area contributed by atoms with Crippen LogP contribution in [-0.4, -0.2) is 41.9 Å². The van der Waals surface area contributed by atoms with E-state index in [0.717, 1.165) is 18.9 Å². The van der Waals surface area contributed by atoms with Gasteiger partial charge in [0.2, 0.25) is 0 Å². The second-order valence-electron chi connectivity index (χ2n) is 7.22. The van der Waals surface area contributed by atoms with Crippen LogP contribution in [-0.2, 0) is 4.74 Å². The summed E-state index contributed by atoms with van der Waals surface area (Å²) in [5.41, 5.74) is -0.110. The number of hydrogen-bond donors (Lipinski definition) is 1. The number of rotatable bonds is 3. The van der Waals surface area contributed by atoms with Crippen LogP contribution < -0.4 is 5.32 Å². The summed E-state index contributed by atoms with van der Waals surface area (Å²) in [6, 6.07) is 0.696. The van der Waals surface area contributed by atoms with Crippen LogP contribution in [0.4, 0.5) is 0 Å². The maximum absolute atomic E-state index is 6.19. The molecule has 2 heterocycles. The zero-order valence-corrected chi connectivity index (χ0v) is 12.8. The minimum absolute atomic E-state index is 0.00656. The van der Waals surface area contributed by atoms with E-state index in [1.165, 1.54) is 25.9 Å². The highest BCUT2D eigenvalue weighted by Gasteiger charge is 2.41. The summed E-state index contributed by atoms with van der Waals surface area (Å²) in [5, 5.41) is 3.57. The smallest absolute Gasteiger partial charge is 0.117 e. The molecule has 1 unspecified atom stereocenters. The lowest BCUT2D eigenvalue weighted by molar-refractivity contribution is -0.0942. The van der Waals surface area contributed by atoms with E-state index in [1.807, 2.05) is 0 Å². The van der Waals surface area contributed by atoms with E-state index in [9.17, 15) is 0 Å². The summed E-state index contributed by atoms with van der Waals surface area (Å²) < 4.78 is 6.19. The van der Waals surface area contributed by atoms with Crippen LogP contribution in [0.15, 0.2) is 0 Å². The number of likely N-dealkylation sites (tertiary alicyclic amines) is 1. The first-order valence-electron chi connectivity index (χ1n) is 7.49. The van der Waals surface area contributed by atoms with Crippen molar-refractivity contribution in [2.24, 2.45) is 5.92 Å². The second-order valence-corrected chi connectivity index (χ2v) is 7.22. The number of nitrogens with zero attached hydrogens (tertiary/aromatic N) is 1. The number of piperidine rings is 1. The first-order valence-corrected chi connectivity index (χ1v) is 7.49. The average Bonchev–Trinajstić information content (AvgIpc) is 2.53. The molecule has 2 aliphatic heterocycles. The molecule has 0 aliphatic carbocycles. The molecule has 1 atom stereocenters. The number of ether oxygens (including phenoxy) is 1. The highest BCUT2D eigenvalue weighted by molar-refractivity contribution is 4.91. The molecule has 2 aliphatic rings. The van der Waals surface area contributed by atoms with Crippen LogP contribution in [0.3, 0.4) is 0 Å². The molecule has 0 amide bonds. The molecule has 0 bridgehead atoms. The molecule has 2 fully saturated rings. The van der Waals surface area contributed by atoms with Gasteiger partial charge in [-0.25, -0.2) is 0 Å². The summed E-state index contributed by atoms with van der Waals surface area (Å²) in [4.78, 5) is 2.59. The maximum atomic E-state index is 6.19. The van der Waals surface area contributed by atoms with E-state index < -0.39 is 0 Å². The van der Waals surface area contributed by atoms with E-state index in [0.29, 0.717) is 6.04 Å². The molecule has 2 saturated heterocycles. The van der Waals surface area contributed by atoms with Gasteiger partial charge in [-0.15, -0.1) is 0 Å². The van der Waals surface area contributed by atoms with Gasteiger partial charge in [0.1, 0.15) is 5.72 Å². The van der Waals surface area contributed by atoms with Crippen molar-refractivity contribution in [3.8, 4) is 0 Å². The summed E-state index contributed by atoms with van der Waals surface area (Å²) >= 11 is 0. The van der Waals surface area contributed by atoms with Crippen molar-refractivity contribution in [3.05, 3.63) is 0 Å². The minimum Gasteiger partial charge on any atom is -0.354 e. The van der Waals surface area contributed by atoms with E-state index in [1.54, 1.807) is 0 Å². The van der Waals surface area contributed by atoms with E-state index in [2.05, 4.69) is 44.8 Å². The molecule has 0 aromatic rings. The first kappa shape index (κ1) is 14.3. The third kappa shape index (κ3) is 3.46. The molecule has 0 spiro atoms. The Morgan fingerprint density at radius 1 is 1.22 bits per heavy atom. The fourth-order valence-corrected chi connectivity index (χ4v) is 3.42. The van der Waals surface area contributed by atoms with E-state index in [4.69, 9.17) is 4.74 Å². The lowest BCUT2D eigenvalue weighted by Crippen LogP contribution is -2.44. The lowest BCUT2D eigenvalue weighted by atomic mass is 9.88. The Bertz CT molecular complexity index is 282. The molecule has 3 heteroatoms. The molecule has 2 rings (SSSR count). The largest absolute Gasteiger partial charge is 0.354 e. The predicted molar refractivity (Wildman–Crippen MR) is 75.6 cm³/mol. The fourth-order valence-electron chi connectivity index (χ4n) is 3.42. The first-order chi connectivity index (χ1) is 8.30. The Morgan fingerprint density at radius 3 is 2.28 bits per heavy atom. The quantitative estimate of drug-likeness (QED) is 0.838. The molecular weight excluding hydrogens is 224 g/mol. The molecule has 0 radical (unpaired) electrons. The minimum atomic E-state index is -0.103. The number of hydrogen-bond acceptors (Lipinski definition) is 3. The van der Waals surface area contributed by atoms with Gasteiger partial charge >= 0.3 is 0 Å². The van der Waals surface area contributed by atoms with Crippen molar-refractivity contribution in [3.63, 3.8) is 0 Å². The topological polar surface area (TPSA) is 24.5 Å². The summed E-state index contributed by atoms with van der Waals surface area (Å²) in [5.74, 6) is 0.811. The Hall–Kier alpha value is -0.120. The molecule has 0 aromatic heterocycles. The van der Waals surface area contributed by atoms with E-state index in [-0.39, 0.29) is 11.3 Å². The van der Waals surface area contributed by atoms with Crippen molar-refractivity contribution in [2.75, 3.05) is 19.6 Å². The van der Waals surface area contributed by atoms with Crippen LogP contribution >= 0.6 is 0 Å². The Kier molecular flexibility index (Phi) is 4.05. The third-order valence-corrected chi connectivity index (χ3v) is 4.45. The van der Waals surface area contributed by atoms with Gasteiger partial charge in [0, 0.05) is 12.6 Å². The van der Waals surface area contributed by atoms with Gasteiger partial charge in [-0.05, 0) is 72.9 Å². The Labute approximate surface area is 112 Å². The van der Waals surface area contributed by atoms with Gasteiger partial charge < -0.3 is 9.64 Å². The third-order valence-electron chi connectivity index (χ3n) is 4.45. The average molecular weight is 254 g/mol. The Balaban J connectivity index is 1.82. The fraction of sp³-hybridized carbons (Fsp3) is 1.00. The molecule has 18 heavy (non-hydrogen) atoms. The van der Waals surface area contributed by atoms with Crippen LogP contribution in [0.1, 0.15) is 53.9 Å². The van der Waals surface area contributed by atoms with Gasteiger partial charge in [-0.1, -0.05) is 0 Å². The molecule has 106 valence electrons. The van der Waals surface area contributed by atoms with Crippen LogP contribution in [0, 0.1) is 5.92 Å². The van der Waals surface area contributed by atoms with Gasteiger partial charge in [0.15, 0.2) is 0 Å². The standard InChI is InChI=1S/C15H30N2O/c1-12(2)17-8-6-13(7-9-17)10-15(5)16-11-14(3,4)18-15/h12-13,16H,6-11H2,1-5H3. The summed E-state index contributed by atoms with van der Waals surface area (Å²) in [7, 11) is 0. The monoisotopic (exact) mass is 254 g/mol. The van der Waals surface area contributed by atoms with Gasteiger partial charge in [-0.3, -0.25) is 5.32 Å². The maximum Gasteiger partial charge on any atom is 0.117 e. The molecule has 3 nitrogen and oxygen atoms in total. The van der Waals surface area contributed by atoms with Gasteiger partial charge in [-0.2, -0.15) is 0 Å². The van der Waals surface area contributed by atoms with Crippen molar-refractivity contribution in [1.82, 2.24) is 10.2 Å². The zero-order valence-electron chi connectivity index (χ0n) is 12.8. The van der Waals surface area contributed by atoms with Crippen molar-refractivity contribution < 1.29 is 4.74 Å². The number of nitrogens with one attached hydrogen (secondary N) is 1. The molecule has 1 N–H and O–H groups in total. The summed E-state index contributed by atoms with van der Waals surface area (Å²) in [6.45, 7) is 14.6. The Morgan fingerprint density at radius 2 is 1.83 bits per heavy atom. The molecule has 0 saturated carbocycles. The summed E-state index contributed by atoms with van der Waals surface area (Å²) in [6.07, 6.45) is 3.79. The lowest BCUT2D eigenvalue weighted by Gasteiger charge is -2.38. The second kappa shape index (κ2) is 5.10. The van der Waals surface area contributed by atoms with Crippen LogP contribution in [0.2, 0.25) is 0 Å². The highest BCUT2D eigenvalue weighted by Crippen LogP contribution is 2.33. The van der Waals surface area contributed by atoms with Crippen molar-refractivity contribution >= 4 is 0 Å². The van der Waals surface area contributed by atoms with Crippen LogP contribution in [0.25, 0.3) is 0 Å². The predicted octanol–water partition coefficient (Wildman–Crippen LogP) is 2.61. The molecular formula is C15H30N2O. The SMILES string of the molecule is CC(C)N1CCC(CC2(C)NCC(C)(C)O2)CC1. The van der Waals surface area contributed by atoms with Crippen LogP contribution in [0.5, 0.6) is 0 Å². The highest BCUT2D eigenvalue weighted by atomic mass is 16.5. The zero-order chi connectivity index (χ0) is 13.4. The van der Waals surface area contributed by atoms with E-state index >= 15 is 0 Å². The molecule has 0 aromatic carbocycles. The van der Waals surface area contributed by atoms with Crippen molar-refractivity contribution in [2.45, 2.75) is 71.2 Å². The van der Waals surface area contributed by atoms with Gasteiger partial charge in [0.05, 0.1) is 5.60 Å². The van der Waals surface area contributed by atoms with Gasteiger partial charge in [0.25, 0.3) is 0 Å². The normalized spacial score (nSPS) is 34.3.